The number of piperidine rings is 1. The Morgan fingerprint density at radius 3 is 2.68 bits per heavy atom. The topological polar surface area (TPSA) is 49.3 Å². The van der Waals surface area contributed by atoms with Gasteiger partial charge in [-0.1, -0.05) is 25.5 Å². The minimum Gasteiger partial charge on any atom is -0.393 e. The van der Waals surface area contributed by atoms with Gasteiger partial charge in [-0.3, -0.25) is 4.79 Å². The number of amides is 1. The summed E-state index contributed by atoms with van der Waals surface area (Å²) in [5, 5.41) is 13.1. The van der Waals surface area contributed by atoms with E-state index in [2.05, 4.69) is 25.2 Å². The molecule has 22 heavy (non-hydrogen) atoms. The summed E-state index contributed by atoms with van der Waals surface area (Å²) in [5.74, 6) is 2.21. The van der Waals surface area contributed by atoms with Crippen LogP contribution in [-0.2, 0) is 4.79 Å². The Morgan fingerprint density at radius 1 is 1.14 bits per heavy atom. The molecule has 4 aliphatic rings. The highest BCUT2D eigenvalue weighted by molar-refractivity contribution is 5.83. The van der Waals surface area contributed by atoms with Gasteiger partial charge in [-0.2, -0.15) is 0 Å². The third-order valence-electron chi connectivity index (χ3n) is 7.73. The number of aliphatic hydroxyl groups excluding tert-OH is 1. The van der Waals surface area contributed by atoms with E-state index < -0.39 is 0 Å². The number of rotatable bonds is 0. The number of allylic oxidation sites excluding steroid dienone is 1. The van der Waals surface area contributed by atoms with Crippen LogP contribution in [0.4, 0.5) is 0 Å². The van der Waals surface area contributed by atoms with E-state index in [1.54, 1.807) is 0 Å². The highest BCUT2D eigenvalue weighted by atomic mass is 16.3. The standard InChI is InChI=1S/C19H29NO2/c1-18-8-5-13(21)11-12(18)3-4-14-15(18)6-9-19(2)16(14)7-10-20-17(19)22/h3,13-16,21H,4-11H2,1-2H3,(H,20,22). The highest BCUT2D eigenvalue weighted by Gasteiger charge is 2.57. The van der Waals surface area contributed by atoms with Crippen LogP contribution in [0.15, 0.2) is 11.6 Å². The number of fused-ring (bicyclic) bond motifs is 5. The molecule has 3 aliphatic carbocycles. The van der Waals surface area contributed by atoms with Crippen molar-refractivity contribution in [2.24, 2.45) is 28.6 Å². The van der Waals surface area contributed by atoms with Gasteiger partial charge in [0.2, 0.25) is 5.91 Å². The van der Waals surface area contributed by atoms with E-state index in [1.165, 1.54) is 12.0 Å². The Labute approximate surface area is 133 Å². The maximum atomic E-state index is 12.5. The van der Waals surface area contributed by atoms with Crippen LogP contribution in [0.3, 0.4) is 0 Å². The molecule has 0 aromatic heterocycles. The van der Waals surface area contributed by atoms with Crippen molar-refractivity contribution in [2.75, 3.05) is 6.54 Å². The van der Waals surface area contributed by atoms with Crippen LogP contribution in [-0.4, -0.2) is 23.7 Å². The second kappa shape index (κ2) is 4.83. The lowest BCUT2D eigenvalue weighted by Crippen LogP contribution is -2.58. The number of nitrogens with one attached hydrogen (secondary N) is 1. The average Bonchev–Trinajstić information content (AvgIpc) is 2.49. The van der Waals surface area contributed by atoms with Crippen molar-refractivity contribution >= 4 is 5.91 Å². The van der Waals surface area contributed by atoms with Gasteiger partial charge in [0.25, 0.3) is 0 Å². The molecule has 2 N–H and O–H groups in total. The summed E-state index contributed by atoms with van der Waals surface area (Å²) in [5.41, 5.74) is 1.64. The Hall–Kier alpha value is -0.830. The number of hydrogen-bond donors (Lipinski definition) is 2. The maximum Gasteiger partial charge on any atom is 0.226 e. The van der Waals surface area contributed by atoms with Crippen LogP contribution >= 0.6 is 0 Å². The van der Waals surface area contributed by atoms with E-state index in [-0.39, 0.29) is 16.9 Å². The van der Waals surface area contributed by atoms with E-state index in [9.17, 15) is 9.90 Å². The van der Waals surface area contributed by atoms with Crippen LogP contribution < -0.4 is 5.32 Å². The molecule has 6 unspecified atom stereocenters. The number of carbonyl (C=O) groups is 1. The van der Waals surface area contributed by atoms with Crippen LogP contribution in [0.5, 0.6) is 0 Å². The number of hydrogen-bond acceptors (Lipinski definition) is 2. The van der Waals surface area contributed by atoms with Gasteiger partial charge in [-0.25, -0.2) is 0 Å². The van der Waals surface area contributed by atoms with Crippen LogP contribution in [0, 0.1) is 28.6 Å². The molecule has 1 aliphatic heterocycles. The second-order valence-electron chi connectivity index (χ2n) is 8.66. The van der Waals surface area contributed by atoms with Crippen LogP contribution in [0.25, 0.3) is 0 Å². The van der Waals surface area contributed by atoms with Gasteiger partial charge in [0, 0.05) is 12.0 Å². The lowest BCUT2D eigenvalue weighted by atomic mass is 9.46. The molecule has 3 nitrogen and oxygen atoms in total. The van der Waals surface area contributed by atoms with Crippen molar-refractivity contribution in [1.82, 2.24) is 5.32 Å². The number of aliphatic hydroxyl groups is 1. The van der Waals surface area contributed by atoms with E-state index >= 15 is 0 Å². The molecule has 1 saturated heterocycles. The Balaban J connectivity index is 1.69. The minimum atomic E-state index is -0.144. The first kappa shape index (κ1) is 14.7. The minimum absolute atomic E-state index is 0.134. The van der Waals surface area contributed by atoms with E-state index in [1.807, 2.05) is 0 Å². The summed E-state index contributed by atoms with van der Waals surface area (Å²) in [6.45, 7) is 5.50. The Kier molecular flexibility index (Phi) is 3.24. The van der Waals surface area contributed by atoms with Crippen molar-refractivity contribution in [3.63, 3.8) is 0 Å². The first-order valence-corrected chi connectivity index (χ1v) is 9.11. The van der Waals surface area contributed by atoms with Crippen LogP contribution in [0.2, 0.25) is 0 Å². The molecule has 0 aromatic rings. The molecule has 0 aromatic carbocycles. The predicted molar refractivity (Wildman–Crippen MR) is 86.1 cm³/mol. The molecule has 0 radical (unpaired) electrons. The zero-order valence-electron chi connectivity index (χ0n) is 13.9. The molecule has 1 heterocycles. The zero-order chi connectivity index (χ0) is 15.5. The predicted octanol–water partition coefficient (Wildman–Crippen LogP) is 3.04. The zero-order valence-corrected chi connectivity index (χ0v) is 13.9. The molecule has 3 heteroatoms. The Bertz CT molecular complexity index is 528. The summed E-state index contributed by atoms with van der Waals surface area (Å²) in [7, 11) is 0. The first-order valence-electron chi connectivity index (χ1n) is 9.11. The van der Waals surface area contributed by atoms with E-state index in [4.69, 9.17) is 0 Å². The SMILES string of the molecule is CC12CCC3C(CC=C4CC(O)CCC43C)C1CCNC2=O. The Morgan fingerprint density at radius 2 is 1.86 bits per heavy atom. The lowest BCUT2D eigenvalue weighted by Gasteiger charge is -2.59. The first-order chi connectivity index (χ1) is 10.4. The second-order valence-corrected chi connectivity index (χ2v) is 8.66. The summed E-state index contributed by atoms with van der Waals surface area (Å²) in [4.78, 5) is 12.5. The number of carbonyl (C=O) groups excluding carboxylic acids is 1. The maximum absolute atomic E-state index is 12.5. The lowest BCUT2D eigenvalue weighted by molar-refractivity contribution is -0.147. The smallest absolute Gasteiger partial charge is 0.226 e. The van der Waals surface area contributed by atoms with Gasteiger partial charge >= 0.3 is 0 Å². The van der Waals surface area contributed by atoms with Gasteiger partial charge < -0.3 is 10.4 Å². The molecule has 4 rings (SSSR count). The monoisotopic (exact) mass is 303 g/mol. The van der Waals surface area contributed by atoms with E-state index in [0.29, 0.717) is 23.7 Å². The summed E-state index contributed by atoms with van der Waals surface area (Å²) < 4.78 is 0. The van der Waals surface area contributed by atoms with Gasteiger partial charge in [-0.05, 0) is 68.1 Å². The molecule has 1 amide bonds. The fourth-order valence-corrected chi connectivity index (χ4v) is 6.32. The molecule has 2 saturated carbocycles. The third-order valence-corrected chi connectivity index (χ3v) is 7.73. The molecular weight excluding hydrogens is 274 g/mol. The van der Waals surface area contributed by atoms with Gasteiger partial charge in [0.1, 0.15) is 0 Å². The van der Waals surface area contributed by atoms with Crippen molar-refractivity contribution < 1.29 is 9.90 Å². The summed E-state index contributed by atoms with van der Waals surface area (Å²) >= 11 is 0. The quantitative estimate of drug-likeness (QED) is 0.676. The van der Waals surface area contributed by atoms with Gasteiger partial charge in [0.05, 0.1) is 6.10 Å². The molecule has 6 atom stereocenters. The van der Waals surface area contributed by atoms with Gasteiger partial charge in [0.15, 0.2) is 0 Å². The molecule has 0 bridgehead atoms. The van der Waals surface area contributed by atoms with Crippen molar-refractivity contribution in [2.45, 2.75) is 64.9 Å². The van der Waals surface area contributed by atoms with Crippen LogP contribution in [0.1, 0.15) is 58.8 Å². The summed E-state index contributed by atoms with van der Waals surface area (Å²) in [6.07, 6.45) is 9.72. The normalized spacial score (nSPS) is 51.0. The van der Waals surface area contributed by atoms with Crippen molar-refractivity contribution in [3.8, 4) is 0 Å². The molecular formula is C19H29NO2. The fraction of sp³-hybridized carbons (Fsp3) is 0.842. The fourth-order valence-electron chi connectivity index (χ4n) is 6.32. The van der Waals surface area contributed by atoms with Crippen molar-refractivity contribution in [3.05, 3.63) is 11.6 Å². The van der Waals surface area contributed by atoms with Gasteiger partial charge in [-0.15, -0.1) is 0 Å². The third kappa shape index (κ3) is 1.87. The molecule has 3 fully saturated rings. The molecule has 122 valence electrons. The molecule has 0 spiro atoms. The largest absolute Gasteiger partial charge is 0.393 e. The summed E-state index contributed by atoms with van der Waals surface area (Å²) in [6, 6.07) is 0. The van der Waals surface area contributed by atoms with E-state index in [0.717, 1.165) is 45.1 Å². The van der Waals surface area contributed by atoms with Crippen molar-refractivity contribution in [1.29, 1.82) is 0 Å². The highest BCUT2D eigenvalue weighted by Crippen LogP contribution is 2.62. The average molecular weight is 303 g/mol.